The van der Waals surface area contributed by atoms with Gasteiger partial charge in [-0.25, -0.2) is 4.98 Å². The highest BCUT2D eigenvalue weighted by Gasteiger charge is 2.20. The average molecular weight is 355 g/mol. The van der Waals surface area contributed by atoms with E-state index in [0.29, 0.717) is 11.1 Å². The molecule has 1 N–H and O–H groups in total. The zero-order valence-corrected chi connectivity index (χ0v) is 15.2. The van der Waals surface area contributed by atoms with Crippen LogP contribution in [-0.2, 0) is 6.42 Å². The van der Waals surface area contributed by atoms with Crippen molar-refractivity contribution >= 4 is 17.2 Å². The van der Waals surface area contributed by atoms with Crippen LogP contribution in [0.15, 0.2) is 42.7 Å². The van der Waals surface area contributed by atoms with Gasteiger partial charge < -0.3 is 5.32 Å². The van der Waals surface area contributed by atoms with Crippen LogP contribution in [0, 0.1) is 5.92 Å². The summed E-state index contributed by atoms with van der Waals surface area (Å²) in [7, 11) is 2.07. The van der Waals surface area contributed by atoms with Crippen molar-refractivity contribution in [2.75, 3.05) is 7.05 Å². The fraction of sp³-hybridized carbons (Fsp3) is 0.400. The molecule has 3 aromatic heterocycles. The Morgan fingerprint density at radius 3 is 2.80 bits per heavy atom. The lowest BCUT2D eigenvalue weighted by Crippen LogP contribution is -2.30. The second-order valence-corrected chi connectivity index (χ2v) is 7.38. The zero-order chi connectivity index (χ0) is 17.2. The number of nitrogens with zero attached hydrogens (tertiary/aromatic N) is 3. The normalized spacial score (nSPS) is 20.9. The number of fused-ring (bicyclic) bond motifs is 1. The molecule has 0 bridgehead atoms. The Morgan fingerprint density at radius 2 is 2.00 bits per heavy atom. The van der Waals surface area contributed by atoms with E-state index in [9.17, 15) is 0 Å². The lowest BCUT2D eigenvalue weighted by atomic mass is 9.83. The molecule has 0 aliphatic heterocycles. The second-order valence-electron chi connectivity index (χ2n) is 6.94. The van der Waals surface area contributed by atoms with Gasteiger partial charge in [-0.2, -0.15) is 0 Å². The van der Waals surface area contributed by atoms with E-state index in [1.807, 2.05) is 35.0 Å². The van der Waals surface area contributed by atoms with Crippen LogP contribution in [0.1, 0.15) is 31.4 Å². The molecule has 4 nitrogen and oxygen atoms in total. The molecule has 0 spiro atoms. The molecule has 3 aromatic rings. The molecule has 3 heterocycles. The molecule has 5 heteroatoms. The predicted molar refractivity (Wildman–Crippen MR) is 102 cm³/mol. The van der Waals surface area contributed by atoms with E-state index in [4.69, 9.17) is 16.6 Å². The van der Waals surface area contributed by atoms with Crippen molar-refractivity contribution in [3.8, 4) is 11.4 Å². The standard InChI is InChI=1S/C20H23ClN4/c1-22-16-8-5-14(6-9-16)11-17-3-2-4-18(24-17)19-12-23-20-10-7-15(21)13-25(19)20/h2-4,7,10,12-14,16,22H,5-6,8-9,11H2,1H3. The van der Waals surface area contributed by atoms with E-state index >= 15 is 0 Å². The third-order valence-electron chi connectivity index (χ3n) is 5.29. The lowest BCUT2D eigenvalue weighted by molar-refractivity contribution is 0.299. The molecule has 0 amide bonds. The Labute approximate surface area is 153 Å². The number of aromatic nitrogens is 3. The van der Waals surface area contributed by atoms with E-state index < -0.39 is 0 Å². The minimum atomic E-state index is 0.693. The first-order valence-corrected chi connectivity index (χ1v) is 9.37. The van der Waals surface area contributed by atoms with Crippen LogP contribution >= 0.6 is 11.6 Å². The Morgan fingerprint density at radius 1 is 1.16 bits per heavy atom. The van der Waals surface area contributed by atoms with E-state index in [1.165, 1.54) is 31.4 Å². The topological polar surface area (TPSA) is 42.2 Å². The molecular formula is C20H23ClN4. The van der Waals surface area contributed by atoms with Crippen molar-refractivity contribution in [1.82, 2.24) is 19.7 Å². The molecule has 0 atom stereocenters. The summed E-state index contributed by atoms with van der Waals surface area (Å²) in [5.41, 5.74) is 3.99. The van der Waals surface area contributed by atoms with Crippen LogP contribution in [0.4, 0.5) is 0 Å². The average Bonchev–Trinajstić information content (AvgIpc) is 3.05. The first-order valence-electron chi connectivity index (χ1n) is 8.99. The quantitative estimate of drug-likeness (QED) is 0.756. The number of rotatable bonds is 4. The van der Waals surface area contributed by atoms with Crippen LogP contribution in [0.25, 0.3) is 17.0 Å². The maximum Gasteiger partial charge on any atom is 0.137 e. The van der Waals surface area contributed by atoms with Crippen molar-refractivity contribution < 1.29 is 0 Å². The molecule has 1 aliphatic carbocycles. The molecule has 0 saturated heterocycles. The Kier molecular flexibility index (Phi) is 4.73. The third-order valence-corrected chi connectivity index (χ3v) is 5.52. The zero-order valence-electron chi connectivity index (χ0n) is 14.5. The van der Waals surface area contributed by atoms with Gasteiger partial charge in [0.15, 0.2) is 0 Å². The van der Waals surface area contributed by atoms with Gasteiger partial charge >= 0.3 is 0 Å². The first-order chi connectivity index (χ1) is 12.2. The summed E-state index contributed by atoms with van der Waals surface area (Å²) in [6, 6.07) is 10.8. The van der Waals surface area contributed by atoms with Gasteiger partial charge in [0.1, 0.15) is 5.65 Å². The van der Waals surface area contributed by atoms with E-state index in [-0.39, 0.29) is 0 Å². The van der Waals surface area contributed by atoms with Gasteiger partial charge in [0.05, 0.1) is 22.6 Å². The molecule has 0 unspecified atom stereocenters. The number of nitrogens with one attached hydrogen (secondary N) is 1. The molecule has 1 saturated carbocycles. The van der Waals surface area contributed by atoms with Gasteiger partial charge in [-0.15, -0.1) is 0 Å². The van der Waals surface area contributed by atoms with Crippen LogP contribution in [0.2, 0.25) is 5.02 Å². The highest BCUT2D eigenvalue weighted by molar-refractivity contribution is 6.30. The van der Waals surface area contributed by atoms with Gasteiger partial charge in [-0.05, 0) is 69.3 Å². The maximum absolute atomic E-state index is 6.14. The SMILES string of the molecule is CNC1CCC(Cc2cccc(-c3cnc4ccc(Cl)cn34)n2)CC1. The van der Waals surface area contributed by atoms with Crippen LogP contribution in [0.3, 0.4) is 0 Å². The number of imidazole rings is 1. The Hall–Kier alpha value is -1.91. The van der Waals surface area contributed by atoms with Gasteiger partial charge in [-0.1, -0.05) is 17.7 Å². The Bertz CT molecular complexity index is 865. The second kappa shape index (κ2) is 7.14. The fourth-order valence-corrected chi connectivity index (χ4v) is 3.99. The summed E-state index contributed by atoms with van der Waals surface area (Å²) < 4.78 is 2.01. The van der Waals surface area contributed by atoms with Crippen molar-refractivity contribution in [1.29, 1.82) is 0 Å². The minimum Gasteiger partial charge on any atom is -0.317 e. The summed E-state index contributed by atoms with van der Waals surface area (Å²) >= 11 is 6.14. The number of pyridine rings is 2. The monoisotopic (exact) mass is 354 g/mol. The molecule has 1 fully saturated rings. The molecule has 130 valence electrons. The molecule has 0 aromatic carbocycles. The summed E-state index contributed by atoms with van der Waals surface area (Å²) in [6.07, 6.45) is 9.93. The lowest BCUT2D eigenvalue weighted by Gasteiger charge is -2.28. The van der Waals surface area contributed by atoms with E-state index in [0.717, 1.165) is 29.4 Å². The van der Waals surface area contributed by atoms with Crippen LogP contribution in [0.5, 0.6) is 0 Å². The molecule has 4 rings (SSSR count). The molecule has 25 heavy (non-hydrogen) atoms. The van der Waals surface area contributed by atoms with Crippen molar-refractivity contribution in [2.45, 2.75) is 38.1 Å². The third kappa shape index (κ3) is 3.55. The van der Waals surface area contributed by atoms with Crippen molar-refractivity contribution in [2.24, 2.45) is 5.92 Å². The number of halogens is 1. The minimum absolute atomic E-state index is 0.693. The van der Waals surface area contributed by atoms with Crippen molar-refractivity contribution in [3.05, 3.63) is 53.4 Å². The van der Waals surface area contributed by atoms with Crippen LogP contribution in [-0.4, -0.2) is 27.5 Å². The van der Waals surface area contributed by atoms with Gasteiger partial charge in [-0.3, -0.25) is 9.38 Å². The van der Waals surface area contributed by atoms with Crippen molar-refractivity contribution in [3.63, 3.8) is 0 Å². The highest BCUT2D eigenvalue weighted by Crippen LogP contribution is 2.28. The molecular weight excluding hydrogens is 332 g/mol. The fourth-order valence-electron chi connectivity index (χ4n) is 3.83. The number of hydrogen-bond acceptors (Lipinski definition) is 3. The first kappa shape index (κ1) is 16.6. The summed E-state index contributed by atoms with van der Waals surface area (Å²) in [6.45, 7) is 0. The molecule has 1 aliphatic rings. The number of hydrogen-bond donors (Lipinski definition) is 1. The summed E-state index contributed by atoms with van der Waals surface area (Å²) in [5.74, 6) is 0.740. The van der Waals surface area contributed by atoms with Gasteiger partial charge in [0.2, 0.25) is 0 Å². The predicted octanol–water partition coefficient (Wildman–Crippen LogP) is 4.37. The van der Waals surface area contributed by atoms with E-state index in [1.54, 1.807) is 0 Å². The smallest absolute Gasteiger partial charge is 0.137 e. The van der Waals surface area contributed by atoms with Gasteiger partial charge in [0, 0.05) is 17.9 Å². The maximum atomic E-state index is 6.14. The van der Waals surface area contributed by atoms with E-state index in [2.05, 4.69) is 29.5 Å². The highest BCUT2D eigenvalue weighted by atomic mass is 35.5. The Balaban J connectivity index is 1.56. The summed E-state index contributed by atoms with van der Waals surface area (Å²) in [5, 5.41) is 4.10. The van der Waals surface area contributed by atoms with Crippen LogP contribution < -0.4 is 5.32 Å². The molecule has 0 radical (unpaired) electrons. The van der Waals surface area contributed by atoms with Gasteiger partial charge in [0.25, 0.3) is 0 Å². The summed E-state index contributed by atoms with van der Waals surface area (Å²) in [4.78, 5) is 9.37. The largest absolute Gasteiger partial charge is 0.317 e.